The average molecular weight is 444 g/mol. The number of carbonyl (C=O) groups excluding carboxylic acids is 2. The number of amidine groups is 1. The summed E-state index contributed by atoms with van der Waals surface area (Å²) in [6.07, 6.45) is 0.0808. The lowest BCUT2D eigenvalue weighted by atomic mass is 10.2. The molecule has 162 valence electrons. The van der Waals surface area contributed by atoms with Crippen molar-refractivity contribution in [2.24, 2.45) is 4.99 Å². The van der Waals surface area contributed by atoms with Gasteiger partial charge in [0.1, 0.15) is 5.25 Å². The summed E-state index contributed by atoms with van der Waals surface area (Å²) in [5.74, 6) is -0.463. The third-order valence-corrected chi connectivity index (χ3v) is 6.37. The van der Waals surface area contributed by atoms with Gasteiger partial charge in [-0.05, 0) is 43.7 Å². The van der Waals surface area contributed by atoms with Crippen molar-refractivity contribution in [3.8, 4) is 0 Å². The molecular formula is C26H25N3O2S. The van der Waals surface area contributed by atoms with Crippen LogP contribution in [0.2, 0.25) is 0 Å². The van der Waals surface area contributed by atoms with E-state index in [0.717, 1.165) is 28.1 Å². The first-order valence-corrected chi connectivity index (χ1v) is 11.4. The number of carbonyl (C=O) groups is 2. The van der Waals surface area contributed by atoms with Crippen LogP contribution in [0.25, 0.3) is 0 Å². The Hall–Kier alpha value is -3.38. The molecule has 0 aromatic heterocycles. The maximum absolute atomic E-state index is 12.6. The lowest BCUT2D eigenvalue weighted by Crippen LogP contribution is -2.28. The number of benzene rings is 3. The maximum Gasteiger partial charge on any atom is 0.262 e. The molecule has 3 aromatic rings. The van der Waals surface area contributed by atoms with Crippen molar-refractivity contribution in [2.75, 3.05) is 10.2 Å². The molecule has 0 saturated heterocycles. The van der Waals surface area contributed by atoms with Crippen LogP contribution >= 0.6 is 11.8 Å². The molecule has 3 aromatic carbocycles. The van der Waals surface area contributed by atoms with Crippen LogP contribution in [-0.2, 0) is 16.1 Å². The first-order chi connectivity index (χ1) is 15.5. The number of amides is 2. The number of aliphatic imine (C=N–C) groups is 1. The van der Waals surface area contributed by atoms with Crippen LogP contribution in [0.15, 0.2) is 83.9 Å². The Balaban J connectivity index is 1.48. The third kappa shape index (κ3) is 5.45. The molecule has 0 radical (unpaired) electrons. The molecule has 1 atom stereocenters. The van der Waals surface area contributed by atoms with Crippen LogP contribution in [0.5, 0.6) is 0 Å². The van der Waals surface area contributed by atoms with Crippen LogP contribution in [0.1, 0.15) is 23.1 Å². The number of nitrogens with zero attached hydrogens (tertiary/aromatic N) is 2. The SMILES string of the molecule is Cc1ccc(NC(=O)CC2SC(N(Cc3ccccc3)c3ccc(C)cc3)=NC2=O)cc1. The first kappa shape index (κ1) is 21.8. The summed E-state index contributed by atoms with van der Waals surface area (Å²) in [4.78, 5) is 31.5. The summed E-state index contributed by atoms with van der Waals surface area (Å²) in [5, 5.41) is 2.96. The molecule has 32 heavy (non-hydrogen) atoms. The van der Waals surface area contributed by atoms with Gasteiger partial charge in [0.25, 0.3) is 5.91 Å². The molecule has 1 heterocycles. The van der Waals surface area contributed by atoms with Crippen LogP contribution in [0.3, 0.4) is 0 Å². The van der Waals surface area contributed by atoms with Gasteiger partial charge in [0, 0.05) is 17.8 Å². The summed E-state index contributed by atoms with van der Waals surface area (Å²) in [6, 6.07) is 25.8. The van der Waals surface area contributed by atoms with Crippen molar-refractivity contribution < 1.29 is 9.59 Å². The predicted molar refractivity (Wildman–Crippen MR) is 132 cm³/mol. The van der Waals surface area contributed by atoms with Crippen LogP contribution in [-0.4, -0.2) is 22.2 Å². The zero-order valence-electron chi connectivity index (χ0n) is 18.1. The smallest absolute Gasteiger partial charge is 0.262 e. The van der Waals surface area contributed by atoms with Gasteiger partial charge in [-0.1, -0.05) is 77.5 Å². The minimum absolute atomic E-state index is 0.0808. The number of thioether (sulfide) groups is 1. The minimum atomic E-state index is -0.529. The van der Waals surface area contributed by atoms with Gasteiger partial charge in [-0.2, -0.15) is 4.99 Å². The Morgan fingerprint density at radius 3 is 2.22 bits per heavy atom. The summed E-state index contributed by atoms with van der Waals surface area (Å²) in [6.45, 7) is 4.62. The normalized spacial score (nSPS) is 15.4. The zero-order valence-corrected chi connectivity index (χ0v) is 18.9. The van der Waals surface area contributed by atoms with Crippen molar-refractivity contribution in [3.05, 3.63) is 95.6 Å². The molecular weight excluding hydrogens is 418 g/mol. The van der Waals surface area contributed by atoms with Gasteiger partial charge in [0.15, 0.2) is 5.17 Å². The molecule has 2 amide bonds. The highest BCUT2D eigenvalue weighted by atomic mass is 32.2. The molecule has 0 saturated carbocycles. The summed E-state index contributed by atoms with van der Waals surface area (Å²) >= 11 is 1.35. The number of hydrogen-bond acceptors (Lipinski definition) is 4. The van der Waals surface area contributed by atoms with E-state index in [9.17, 15) is 9.59 Å². The minimum Gasteiger partial charge on any atom is -0.326 e. The Kier molecular flexibility index (Phi) is 6.71. The highest BCUT2D eigenvalue weighted by Crippen LogP contribution is 2.31. The molecule has 0 bridgehead atoms. The van der Waals surface area contributed by atoms with Crippen LogP contribution < -0.4 is 10.2 Å². The van der Waals surface area contributed by atoms with E-state index < -0.39 is 5.25 Å². The van der Waals surface area contributed by atoms with E-state index in [2.05, 4.69) is 22.4 Å². The largest absolute Gasteiger partial charge is 0.326 e. The molecule has 6 heteroatoms. The molecule has 0 aliphatic carbocycles. The standard InChI is InChI=1S/C26H25N3O2S/c1-18-8-12-21(13-9-18)27-24(30)16-23-25(31)28-26(32-23)29(17-20-6-4-3-5-7-20)22-14-10-19(2)11-15-22/h3-15,23H,16-17H2,1-2H3,(H,27,30). The second-order valence-corrected chi connectivity index (χ2v) is 9.03. The van der Waals surface area contributed by atoms with Crippen molar-refractivity contribution in [1.82, 2.24) is 0 Å². The Labute approximate surface area is 192 Å². The molecule has 1 N–H and O–H groups in total. The van der Waals surface area contributed by atoms with E-state index in [1.54, 1.807) is 0 Å². The van der Waals surface area contributed by atoms with Crippen LogP contribution in [0.4, 0.5) is 11.4 Å². The van der Waals surface area contributed by atoms with Gasteiger partial charge < -0.3 is 10.2 Å². The summed E-state index contributed by atoms with van der Waals surface area (Å²) in [7, 11) is 0. The van der Waals surface area contributed by atoms with Gasteiger partial charge in [0.05, 0.1) is 6.54 Å². The maximum atomic E-state index is 12.6. The molecule has 0 fully saturated rings. The van der Waals surface area contributed by atoms with E-state index in [1.807, 2.05) is 85.5 Å². The molecule has 5 nitrogen and oxygen atoms in total. The van der Waals surface area contributed by atoms with Crippen molar-refractivity contribution in [2.45, 2.75) is 32.1 Å². The van der Waals surface area contributed by atoms with Gasteiger partial charge in [-0.25, -0.2) is 0 Å². The Bertz CT molecular complexity index is 1130. The highest BCUT2D eigenvalue weighted by molar-refractivity contribution is 8.15. The van der Waals surface area contributed by atoms with Crippen molar-refractivity contribution >= 4 is 40.1 Å². The van der Waals surface area contributed by atoms with Gasteiger partial charge >= 0.3 is 0 Å². The van der Waals surface area contributed by atoms with Crippen molar-refractivity contribution in [1.29, 1.82) is 0 Å². The summed E-state index contributed by atoms with van der Waals surface area (Å²) < 4.78 is 0. The quantitative estimate of drug-likeness (QED) is 0.559. The number of rotatable bonds is 6. The fourth-order valence-corrected chi connectivity index (χ4v) is 4.48. The van der Waals surface area contributed by atoms with Gasteiger partial charge in [-0.3, -0.25) is 9.59 Å². The van der Waals surface area contributed by atoms with Gasteiger partial charge in [-0.15, -0.1) is 0 Å². The van der Waals surface area contributed by atoms with Crippen molar-refractivity contribution in [3.63, 3.8) is 0 Å². The van der Waals surface area contributed by atoms with E-state index in [4.69, 9.17) is 0 Å². The monoisotopic (exact) mass is 443 g/mol. The number of anilines is 2. The summed E-state index contributed by atoms with van der Waals surface area (Å²) in [5.41, 5.74) is 5.09. The predicted octanol–water partition coefficient (Wildman–Crippen LogP) is 5.34. The lowest BCUT2D eigenvalue weighted by molar-refractivity contribution is -0.121. The Morgan fingerprint density at radius 2 is 1.56 bits per heavy atom. The second kappa shape index (κ2) is 9.83. The van der Waals surface area contributed by atoms with Crippen LogP contribution in [0, 0.1) is 13.8 Å². The first-order valence-electron chi connectivity index (χ1n) is 10.5. The van der Waals surface area contributed by atoms with E-state index in [1.165, 1.54) is 11.8 Å². The van der Waals surface area contributed by atoms with Gasteiger partial charge in [0.2, 0.25) is 5.91 Å². The molecule has 1 aliphatic heterocycles. The lowest BCUT2D eigenvalue weighted by Gasteiger charge is -2.24. The van der Waals surface area contributed by atoms with E-state index in [0.29, 0.717) is 11.7 Å². The number of hydrogen-bond donors (Lipinski definition) is 1. The zero-order chi connectivity index (χ0) is 22.5. The molecule has 1 unspecified atom stereocenters. The topological polar surface area (TPSA) is 61.8 Å². The third-order valence-electron chi connectivity index (χ3n) is 5.20. The highest BCUT2D eigenvalue weighted by Gasteiger charge is 2.33. The second-order valence-electron chi connectivity index (χ2n) is 7.86. The fourth-order valence-electron chi connectivity index (χ4n) is 3.40. The van der Waals surface area contributed by atoms with E-state index >= 15 is 0 Å². The fraction of sp³-hybridized carbons (Fsp3) is 0.192. The molecule has 0 spiro atoms. The molecule has 1 aliphatic rings. The van der Waals surface area contributed by atoms with E-state index in [-0.39, 0.29) is 18.2 Å². The Morgan fingerprint density at radius 1 is 0.938 bits per heavy atom. The average Bonchev–Trinajstić information content (AvgIpc) is 3.15. The number of nitrogens with one attached hydrogen (secondary N) is 1. The number of aryl methyl sites for hydroxylation is 2. The molecule has 4 rings (SSSR count).